The Kier molecular flexibility index (Phi) is 4.10. The number of benzene rings is 1. The van der Waals surface area contributed by atoms with Gasteiger partial charge in [0.25, 0.3) is 0 Å². The molecule has 0 spiro atoms. The van der Waals surface area contributed by atoms with Crippen molar-refractivity contribution < 1.29 is 18.7 Å². The molecule has 1 heterocycles. The van der Waals surface area contributed by atoms with Crippen molar-refractivity contribution in [3.63, 3.8) is 0 Å². The van der Waals surface area contributed by atoms with Crippen LogP contribution in [0.25, 0.3) is 0 Å². The van der Waals surface area contributed by atoms with Gasteiger partial charge in [-0.3, -0.25) is 4.68 Å². The summed E-state index contributed by atoms with van der Waals surface area (Å²) in [5.41, 5.74) is -0.127. The maximum Gasteiger partial charge on any atom is 0.358 e. The Morgan fingerprint density at radius 1 is 1.37 bits per heavy atom. The van der Waals surface area contributed by atoms with Gasteiger partial charge < -0.3 is 5.11 Å². The maximum absolute atomic E-state index is 12.9. The number of aromatic carboxylic acids is 1. The van der Waals surface area contributed by atoms with E-state index in [0.29, 0.717) is 17.2 Å². The van der Waals surface area contributed by atoms with Gasteiger partial charge in [-0.15, -0.1) is 16.9 Å². The molecule has 0 atom stereocenters. The lowest BCUT2D eigenvalue weighted by molar-refractivity contribution is 0.0690. The molecule has 0 aliphatic carbocycles. The second-order valence-electron chi connectivity index (χ2n) is 3.60. The number of nitrogens with zero attached hydrogens (tertiary/aromatic N) is 3. The summed E-state index contributed by atoms with van der Waals surface area (Å²) in [6, 6.07) is 3.66. The molecule has 0 bridgehead atoms. The highest BCUT2D eigenvalue weighted by atomic mass is 32.2. The highest BCUT2D eigenvalue weighted by molar-refractivity contribution is 7.99. The fourth-order valence-corrected chi connectivity index (χ4v) is 2.19. The number of hydrogen-bond acceptors (Lipinski definition) is 4. The molecule has 8 heteroatoms. The highest BCUT2D eigenvalue weighted by Gasteiger charge is 2.08. The van der Waals surface area contributed by atoms with Gasteiger partial charge in [0, 0.05) is 10.6 Å². The molecule has 19 heavy (non-hydrogen) atoms. The molecule has 2 rings (SSSR count). The van der Waals surface area contributed by atoms with E-state index in [2.05, 4.69) is 10.3 Å². The standard InChI is InChI=1S/C11H9F2N3O2S/c12-8-2-1-7(5-9(8)13)19-4-3-16-6-10(11(17)18)14-15-16/h1-2,5-6H,3-4H2,(H,17,18). The van der Waals surface area contributed by atoms with E-state index in [1.54, 1.807) is 0 Å². The monoisotopic (exact) mass is 285 g/mol. The molecular formula is C11H9F2N3O2S. The summed E-state index contributed by atoms with van der Waals surface area (Å²) in [5.74, 6) is -2.38. The third kappa shape index (κ3) is 3.50. The van der Waals surface area contributed by atoms with Crippen LogP contribution in [0.4, 0.5) is 8.78 Å². The second-order valence-corrected chi connectivity index (χ2v) is 4.76. The van der Waals surface area contributed by atoms with E-state index >= 15 is 0 Å². The molecular weight excluding hydrogens is 276 g/mol. The van der Waals surface area contributed by atoms with Gasteiger partial charge in [0.1, 0.15) is 0 Å². The van der Waals surface area contributed by atoms with Crippen molar-refractivity contribution in [3.8, 4) is 0 Å². The van der Waals surface area contributed by atoms with Crippen LogP contribution < -0.4 is 0 Å². The predicted octanol–water partition coefficient (Wildman–Crippen LogP) is 2.05. The minimum absolute atomic E-state index is 0.127. The van der Waals surface area contributed by atoms with E-state index in [-0.39, 0.29) is 5.69 Å². The lowest BCUT2D eigenvalue weighted by Gasteiger charge is -2.02. The Labute approximate surface area is 111 Å². The summed E-state index contributed by atoms with van der Waals surface area (Å²) in [6.45, 7) is 0.421. The van der Waals surface area contributed by atoms with E-state index in [1.165, 1.54) is 28.7 Å². The number of halogens is 2. The number of aryl methyl sites for hydroxylation is 1. The zero-order valence-corrected chi connectivity index (χ0v) is 10.4. The Hall–Kier alpha value is -1.96. The molecule has 0 aliphatic rings. The van der Waals surface area contributed by atoms with Gasteiger partial charge in [0.15, 0.2) is 17.3 Å². The maximum atomic E-state index is 12.9. The molecule has 100 valence electrons. The van der Waals surface area contributed by atoms with Gasteiger partial charge in [0.2, 0.25) is 0 Å². The minimum atomic E-state index is -1.14. The topological polar surface area (TPSA) is 68.0 Å². The number of carboxylic acids is 1. The summed E-state index contributed by atoms with van der Waals surface area (Å²) in [5, 5.41) is 15.8. The molecule has 1 aromatic carbocycles. The Morgan fingerprint density at radius 3 is 2.79 bits per heavy atom. The SMILES string of the molecule is O=C(O)c1cn(CCSc2ccc(F)c(F)c2)nn1. The van der Waals surface area contributed by atoms with Crippen molar-refractivity contribution in [2.45, 2.75) is 11.4 Å². The van der Waals surface area contributed by atoms with Crippen molar-refractivity contribution in [1.82, 2.24) is 15.0 Å². The molecule has 0 amide bonds. The molecule has 2 aromatic rings. The zero-order valence-electron chi connectivity index (χ0n) is 9.58. The van der Waals surface area contributed by atoms with E-state index in [0.717, 1.165) is 12.1 Å². The van der Waals surface area contributed by atoms with Crippen LogP contribution in [-0.4, -0.2) is 31.8 Å². The summed E-state index contributed by atoms with van der Waals surface area (Å²) in [4.78, 5) is 11.2. The normalized spacial score (nSPS) is 10.6. The lowest BCUT2D eigenvalue weighted by Crippen LogP contribution is -2.01. The van der Waals surface area contributed by atoms with Crippen LogP contribution in [0.15, 0.2) is 29.3 Å². The van der Waals surface area contributed by atoms with Gasteiger partial charge in [-0.1, -0.05) is 5.21 Å². The van der Waals surface area contributed by atoms with Gasteiger partial charge in [-0.25, -0.2) is 13.6 Å². The van der Waals surface area contributed by atoms with Crippen molar-refractivity contribution in [1.29, 1.82) is 0 Å². The largest absolute Gasteiger partial charge is 0.476 e. The van der Waals surface area contributed by atoms with Crippen LogP contribution in [-0.2, 0) is 6.54 Å². The lowest BCUT2D eigenvalue weighted by atomic mass is 10.3. The fourth-order valence-electron chi connectivity index (χ4n) is 1.33. The van der Waals surface area contributed by atoms with Crippen molar-refractivity contribution in [2.24, 2.45) is 0 Å². The van der Waals surface area contributed by atoms with Gasteiger partial charge >= 0.3 is 5.97 Å². The Balaban J connectivity index is 1.88. The Morgan fingerprint density at radius 2 is 2.16 bits per heavy atom. The van der Waals surface area contributed by atoms with Gasteiger partial charge in [-0.05, 0) is 18.2 Å². The van der Waals surface area contributed by atoms with Crippen molar-refractivity contribution >= 4 is 17.7 Å². The molecule has 0 fully saturated rings. The van der Waals surface area contributed by atoms with Crippen LogP contribution in [0.2, 0.25) is 0 Å². The quantitative estimate of drug-likeness (QED) is 0.851. The third-order valence-corrected chi connectivity index (χ3v) is 3.21. The second kappa shape index (κ2) is 5.79. The number of thioether (sulfide) groups is 1. The van der Waals surface area contributed by atoms with Crippen molar-refractivity contribution in [2.75, 3.05) is 5.75 Å². The summed E-state index contributed by atoms with van der Waals surface area (Å²) in [6.07, 6.45) is 1.31. The first-order valence-electron chi connectivity index (χ1n) is 5.27. The van der Waals surface area contributed by atoms with E-state index in [4.69, 9.17) is 5.11 Å². The number of carboxylic acid groups (broad SMARTS) is 1. The van der Waals surface area contributed by atoms with Crippen LogP contribution >= 0.6 is 11.8 Å². The summed E-state index contributed by atoms with van der Waals surface area (Å²) < 4.78 is 27.0. The summed E-state index contributed by atoms with van der Waals surface area (Å²) in [7, 11) is 0. The molecule has 1 aromatic heterocycles. The average Bonchev–Trinajstić information content (AvgIpc) is 2.83. The average molecular weight is 285 g/mol. The highest BCUT2D eigenvalue weighted by Crippen LogP contribution is 2.20. The molecule has 1 N–H and O–H groups in total. The van der Waals surface area contributed by atoms with Crippen LogP contribution in [0.5, 0.6) is 0 Å². The van der Waals surface area contributed by atoms with E-state index in [1.807, 2.05) is 0 Å². The molecule has 0 unspecified atom stereocenters. The number of aromatic nitrogens is 3. The van der Waals surface area contributed by atoms with E-state index < -0.39 is 17.6 Å². The molecule has 0 radical (unpaired) electrons. The molecule has 5 nitrogen and oxygen atoms in total. The van der Waals surface area contributed by atoms with Gasteiger partial charge in [0.05, 0.1) is 12.7 Å². The predicted molar refractivity (Wildman–Crippen MR) is 64.1 cm³/mol. The first kappa shape index (κ1) is 13.5. The van der Waals surface area contributed by atoms with Gasteiger partial charge in [-0.2, -0.15) is 0 Å². The zero-order chi connectivity index (χ0) is 13.8. The molecule has 0 aliphatic heterocycles. The van der Waals surface area contributed by atoms with E-state index in [9.17, 15) is 13.6 Å². The number of carbonyl (C=O) groups is 1. The number of hydrogen-bond donors (Lipinski definition) is 1. The third-order valence-electron chi connectivity index (χ3n) is 2.24. The fraction of sp³-hybridized carbons (Fsp3) is 0.182. The van der Waals surface area contributed by atoms with Crippen LogP contribution in [0.3, 0.4) is 0 Å². The number of rotatable bonds is 5. The summed E-state index contributed by atoms with van der Waals surface area (Å²) >= 11 is 1.31. The Bertz CT molecular complexity index is 603. The molecule has 0 saturated heterocycles. The first-order valence-corrected chi connectivity index (χ1v) is 6.26. The van der Waals surface area contributed by atoms with Crippen molar-refractivity contribution in [3.05, 3.63) is 41.7 Å². The smallest absolute Gasteiger partial charge is 0.358 e. The first-order chi connectivity index (χ1) is 9.06. The molecule has 0 saturated carbocycles. The van der Waals surface area contributed by atoms with Crippen LogP contribution in [0, 0.1) is 11.6 Å². The van der Waals surface area contributed by atoms with Crippen LogP contribution in [0.1, 0.15) is 10.5 Å². The minimum Gasteiger partial charge on any atom is -0.476 e.